The summed E-state index contributed by atoms with van der Waals surface area (Å²) in [4.78, 5) is 11.7. The smallest absolute Gasteiger partial charge is 0.352 e. The molecule has 1 amide bonds. The molecule has 102 valence electrons. The highest BCUT2D eigenvalue weighted by atomic mass is 19.4. The van der Waals surface area contributed by atoms with Crippen molar-refractivity contribution in [3.8, 4) is 0 Å². The fraction of sp³-hybridized carbons (Fsp3) is 0.333. The van der Waals surface area contributed by atoms with Gasteiger partial charge in [-0.05, 0) is 18.6 Å². The van der Waals surface area contributed by atoms with Gasteiger partial charge in [-0.25, -0.2) is 0 Å². The first-order valence-corrected chi connectivity index (χ1v) is 5.74. The molecule has 0 fully saturated rings. The number of hydrogen-bond donors (Lipinski definition) is 2. The molecule has 1 aromatic carbocycles. The highest BCUT2D eigenvalue weighted by Gasteiger charge is 2.25. The van der Waals surface area contributed by atoms with Gasteiger partial charge in [-0.15, -0.1) is 0 Å². The molecule has 2 rings (SSSR count). The first kappa shape index (κ1) is 13.4. The highest BCUT2D eigenvalue weighted by Crippen LogP contribution is 2.20. The van der Waals surface area contributed by atoms with Crippen LogP contribution >= 0.6 is 0 Å². The molecule has 7 heteroatoms. The van der Waals surface area contributed by atoms with Crippen LogP contribution in [0, 0.1) is 0 Å². The van der Waals surface area contributed by atoms with E-state index >= 15 is 0 Å². The molecular weight excluding hydrogens is 259 g/mol. The van der Waals surface area contributed by atoms with E-state index in [1.165, 1.54) is 0 Å². The fourth-order valence-corrected chi connectivity index (χ4v) is 1.67. The third-order valence-electron chi connectivity index (χ3n) is 2.63. The number of nitrogens with zero attached hydrogens (tertiary/aromatic N) is 1. The molecule has 2 N–H and O–H groups in total. The van der Waals surface area contributed by atoms with Gasteiger partial charge in [0.05, 0.1) is 11.7 Å². The monoisotopic (exact) mass is 271 g/mol. The summed E-state index contributed by atoms with van der Waals surface area (Å²) in [5.41, 5.74) is 1.10. The number of fused-ring (bicyclic) bond motifs is 1. The van der Waals surface area contributed by atoms with E-state index < -0.39 is 18.5 Å². The quantitative estimate of drug-likeness (QED) is 0.840. The zero-order chi connectivity index (χ0) is 13.9. The molecule has 1 aromatic heterocycles. The Kier molecular flexibility index (Phi) is 3.73. The van der Waals surface area contributed by atoms with Crippen LogP contribution in [0.2, 0.25) is 0 Å². The lowest BCUT2D eigenvalue weighted by Crippen LogP contribution is -2.25. The lowest BCUT2D eigenvalue weighted by molar-refractivity contribution is -0.135. The van der Waals surface area contributed by atoms with Gasteiger partial charge in [0, 0.05) is 23.9 Å². The average Bonchev–Trinajstić information content (AvgIpc) is 2.80. The van der Waals surface area contributed by atoms with Crippen LogP contribution in [0.3, 0.4) is 0 Å². The molecule has 0 aliphatic rings. The standard InChI is InChI=1S/C12H12F3N3O/c13-12(14,15)4-1-5-16-11(19)8-2-3-9-7-17-18-10(9)6-8/h2-3,6-7H,1,4-5H2,(H,16,19)(H,17,18). The van der Waals surface area contributed by atoms with E-state index in [-0.39, 0.29) is 13.0 Å². The molecule has 0 saturated heterocycles. The van der Waals surface area contributed by atoms with E-state index in [1.807, 2.05) is 0 Å². The second-order valence-electron chi connectivity index (χ2n) is 4.15. The van der Waals surface area contributed by atoms with Crippen molar-refractivity contribution in [1.29, 1.82) is 0 Å². The average molecular weight is 271 g/mol. The highest BCUT2D eigenvalue weighted by molar-refractivity contribution is 5.97. The molecule has 0 radical (unpaired) electrons. The van der Waals surface area contributed by atoms with Crippen molar-refractivity contribution in [3.63, 3.8) is 0 Å². The number of halogens is 3. The van der Waals surface area contributed by atoms with Crippen LogP contribution in [0.1, 0.15) is 23.2 Å². The zero-order valence-corrected chi connectivity index (χ0v) is 9.92. The van der Waals surface area contributed by atoms with E-state index in [4.69, 9.17) is 0 Å². The van der Waals surface area contributed by atoms with Crippen LogP contribution in [-0.4, -0.2) is 28.8 Å². The van der Waals surface area contributed by atoms with Crippen molar-refractivity contribution in [2.75, 3.05) is 6.54 Å². The summed E-state index contributed by atoms with van der Waals surface area (Å²) < 4.78 is 35.8. The number of carbonyl (C=O) groups excluding carboxylic acids is 1. The van der Waals surface area contributed by atoms with E-state index in [1.54, 1.807) is 24.4 Å². The van der Waals surface area contributed by atoms with Gasteiger partial charge < -0.3 is 5.32 Å². The summed E-state index contributed by atoms with van der Waals surface area (Å²) in [5.74, 6) is -0.390. The van der Waals surface area contributed by atoms with Gasteiger partial charge in [-0.2, -0.15) is 18.3 Å². The van der Waals surface area contributed by atoms with E-state index in [0.717, 1.165) is 5.39 Å². The maximum absolute atomic E-state index is 11.9. The summed E-state index contributed by atoms with van der Waals surface area (Å²) in [6.07, 6.45) is -3.58. The van der Waals surface area contributed by atoms with Crippen LogP contribution in [-0.2, 0) is 0 Å². The summed E-state index contributed by atoms with van der Waals surface area (Å²) in [5, 5.41) is 9.87. The first-order valence-electron chi connectivity index (χ1n) is 5.74. The topological polar surface area (TPSA) is 57.8 Å². The van der Waals surface area contributed by atoms with Crippen molar-refractivity contribution in [1.82, 2.24) is 15.5 Å². The van der Waals surface area contributed by atoms with Gasteiger partial charge in [0.2, 0.25) is 0 Å². The van der Waals surface area contributed by atoms with Crippen molar-refractivity contribution in [3.05, 3.63) is 30.0 Å². The molecule has 0 saturated carbocycles. The Balaban J connectivity index is 1.89. The van der Waals surface area contributed by atoms with Crippen LogP contribution in [0.4, 0.5) is 13.2 Å². The summed E-state index contributed by atoms with van der Waals surface area (Å²) in [6.45, 7) is -0.000638. The number of amides is 1. The molecule has 19 heavy (non-hydrogen) atoms. The molecule has 0 aliphatic heterocycles. The Hall–Kier alpha value is -2.05. The normalized spacial score (nSPS) is 11.7. The summed E-state index contributed by atoms with van der Waals surface area (Å²) >= 11 is 0. The van der Waals surface area contributed by atoms with Crippen LogP contribution < -0.4 is 5.32 Å². The number of benzene rings is 1. The summed E-state index contributed by atoms with van der Waals surface area (Å²) in [7, 11) is 0. The Morgan fingerprint density at radius 2 is 2.16 bits per heavy atom. The second-order valence-corrected chi connectivity index (χ2v) is 4.15. The van der Waals surface area contributed by atoms with Crippen LogP contribution in [0.25, 0.3) is 10.9 Å². The van der Waals surface area contributed by atoms with Gasteiger partial charge >= 0.3 is 6.18 Å². The number of alkyl halides is 3. The fourth-order valence-electron chi connectivity index (χ4n) is 1.67. The van der Waals surface area contributed by atoms with Gasteiger partial charge in [0.15, 0.2) is 0 Å². The van der Waals surface area contributed by atoms with E-state index in [0.29, 0.717) is 11.1 Å². The minimum atomic E-state index is -4.18. The Morgan fingerprint density at radius 1 is 1.37 bits per heavy atom. The van der Waals surface area contributed by atoms with Gasteiger partial charge in [-0.3, -0.25) is 9.89 Å². The molecule has 1 heterocycles. The third kappa shape index (κ3) is 3.70. The van der Waals surface area contributed by atoms with Crippen molar-refractivity contribution >= 4 is 16.8 Å². The predicted molar refractivity (Wildman–Crippen MR) is 63.7 cm³/mol. The van der Waals surface area contributed by atoms with E-state index in [9.17, 15) is 18.0 Å². The number of carbonyl (C=O) groups is 1. The van der Waals surface area contributed by atoms with Crippen molar-refractivity contribution in [2.45, 2.75) is 19.0 Å². The predicted octanol–water partition coefficient (Wildman–Crippen LogP) is 2.64. The minimum Gasteiger partial charge on any atom is -0.352 e. The molecule has 0 aliphatic carbocycles. The van der Waals surface area contributed by atoms with Crippen molar-refractivity contribution in [2.24, 2.45) is 0 Å². The second kappa shape index (κ2) is 5.29. The number of rotatable bonds is 4. The van der Waals surface area contributed by atoms with Crippen molar-refractivity contribution < 1.29 is 18.0 Å². The number of H-pyrrole nitrogens is 1. The maximum atomic E-state index is 11.9. The minimum absolute atomic E-state index is 0.000638. The maximum Gasteiger partial charge on any atom is 0.389 e. The SMILES string of the molecule is O=C(NCCCC(F)(F)F)c1ccc2cn[nH]c2c1. The zero-order valence-electron chi connectivity index (χ0n) is 9.92. The lowest BCUT2D eigenvalue weighted by Gasteiger charge is -2.07. The Labute approximate surface area is 107 Å². The molecule has 0 spiro atoms. The molecule has 2 aromatic rings. The summed E-state index contributed by atoms with van der Waals surface area (Å²) in [6, 6.07) is 4.95. The molecule has 0 atom stereocenters. The third-order valence-corrected chi connectivity index (χ3v) is 2.63. The number of aromatic nitrogens is 2. The van der Waals surface area contributed by atoms with Gasteiger partial charge in [0.1, 0.15) is 0 Å². The molecule has 0 bridgehead atoms. The molecule has 4 nitrogen and oxygen atoms in total. The van der Waals surface area contributed by atoms with E-state index in [2.05, 4.69) is 15.5 Å². The largest absolute Gasteiger partial charge is 0.389 e. The molecule has 0 unspecified atom stereocenters. The Morgan fingerprint density at radius 3 is 2.89 bits per heavy atom. The number of hydrogen-bond acceptors (Lipinski definition) is 2. The molecular formula is C12H12F3N3O. The van der Waals surface area contributed by atoms with Gasteiger partial charge in [0.25, 0.3) is 5.91 Å². The van der Waals surface area contributed by atoms with Crippen LogP contribution in [0.5, 0.6) is 0 Å². The lowest BCUT2D eigenvalue weighted by atomic mass is 10.1. The van der Waals surface area contributed by atoms with Gasteiger partial charge in [-0.1, -0.05) is 6.07 Å². The Bertz CT molecular complexity index is 577. The first-order chi connectivity index (χ1) is 8.96. The van der Waals surface area contributed by atoms with Crippen LogP contribution in [0.15, 0.2) is 24.4 Å². The number of aromatic amines is 1. The number of nitrogens with one attached hydrogen (secondary N) is 2.